The fourth-order valence-corrected chi connectivity index (χ4v) is 3.27. The Morgan fingerprint density at radius 3 is 2.63 bits per heavy atom. The van der Waals surface area contributed by atoms with Crippen LogP contribution in [0.2, 0.25) is 0 Å². The summed E-state index contributed by atoms with van der Waals surface area (Å²) in [6.07, 6.45) is 0.940. The summed E-state index contributed by atoms with van der Waals surface area (Å²) in [6.45, 7) is 3.52. The number of rotatable bonds is 7. The molecule has 27 heavy (non-hydrogen) atoms. The molecule has 0 aliphatic carbocycles. The number of nitrogens with zero attached hydrogens (tertiary/aromatic N) is 4. The predicted molar refractivity (Wildman–Crippen MR) is 104 cm³/mol. The van der Waals surface area contributed by atoms with Crippen molar-refractivity contribution < 1.29 is 9.59 Å². The standard InChI is InChI=1S/C19H19N5O2S/c1-3-14-7-9-15(10-8-14)18(26)12-27-19-21-22-23-24(19)17-6-4-5-16(11-17)20-13(2)25/h4-11H,3,12H2,1-2H3,(H,20,25). The number of thioether (sulfide) groups is 1. The molecule has 0 atom stereocenters. The average Bonchev–Trinajstić information content (AvgIpc) is 3.14. The monoisotopic (exact) mass is 381 g/mol. The molecule has 3 aromatic rings. The van der Waals surface area contributed by atoms with E-state index in [-0.39, 0.29) is 17.4 Å². The number of aryl methyl sites for hydroxylation is 1. The molecule has 0 fully saturated rings. The summed E-state index contributed by atoms with van der Waals surface area (Å²) in [5.41, 5.74) is 3.22. The summed E-state index contributed by atoms with van der Waals surface area (Å²) in [7, 11) is 0. The van der Waals surface area contributed by atoms with E-state index < -0.39 is 0 Å². The van der Waals surface area contributed by atoms with E-state index in [1.165, 1.54) is 24.2 Å². The average molecular weight is 381 g/mol. The maximum absolute atomic E-state index is 12.4. The van der Waals surface area contributed by atoms with E-state index in [2.05, 4.69) is 27.8 Å². The molecular formula is C19H19N5O2S. The molecule has 0 saturated heterocycles. The Bertz CT molecular complexity index is 953. The summed E-state index contributed by atoms with van der Waals surface area (Å²) in [5.74, 6) is 0.0967. The maximum atomic E-state index is 12.4. The lowest BCUT2D eigenvalue weighted by molar-refractivity contribution is -0.114. The second kappa shape index (κ2) is 8.59. The van der Waals surface area contributed by atoms with Gasteiger partial charge in [0.25, 0.3) is 0 Å². The highest BCUT2D eigenvalue weighted by atomic mass is 32.2. The zero-order valence-electron chi connectivity index (χ0n) is 15.0. The van der Waals surface area contributed by atoms with Crippen LogP contribution in [0.4, 0.5) is 5.69 Å². The van der Waals surface area contributed by atoms with Gasteiger partial charge in [-0.25, -0.2) is 0 Å². The van der Waals surface area contributed by atoms with Crippen LogP contribution in [0.5, 0.6) is 0 Å². The minimum atomic E-state index is -0.154. The van der Waals surface area contributed by atoms with Gasteiger partial charge in [0.2, 0.25) is 11.1 Å². The van der Waals surface area contributed by atoms with Crippen molar-refractivity contribution in [2.75, 3.05) is 11.1 Å². The van der Waals surface area contributed by atoms with Crippen LogP contribution in [-0.2, 0) is 11.2 Å². The molecular weight excluding hydrogens is 362 g/mol. The van der Waals surface area contributed by atoms with Crippen LogP contribution in [0.1, 0.15) is 29.8 Å². The number of benzene rings is 2. The molecule has 1 heterocycles. The van der Waals surface area contributed by atoms with Gasteiger partial charge in [0.15, 0.2) is 5.78 Å². The lowest BCUT2D eigenvalue weighted by Crippen LogP contribution is -2.07. The van der Waals surface area contributed by atoms with Gasteiger partial charge in [0.05, 0.1) is 11.4 Å². The number of tetrazole rings is 1. The minimum Gasteiger partial charge on any atom is -0.326 e. The lowest BCUT2D eigenvalue weighted by atomic mass is 10.1. The second-order valence-electron chi connectivity index (χ2n) is 5.87. The van der Waals surface area contributed by atoms with E-state index in [4.69, 9.17) is 0 Å². The van der Waals surface area contributed by atoms with Crippen LogP contribution in [0.15, 0.2) is 53.7 Å². The fourth-order valence-electron chi connectivity index (χ4n) is 2.49. The van der Waals surface area contributed by atoms with Gasteiger partial charge in [-0.1, -0.05) is 49.0 Å². The molecule has 0 aliphatic rings. The molecule has 0 spiro atoms. The van der Waals surface area contributed by atoms with Crippen LogP contribution in [0.25, 0.3) is 5.69 Å². The van der Waals surface area contributed by atoms with Crippen molar-refractivity contribution in [1.82, 2.24) is 20.2 Å². The van der Waals surface area contributed by atoms with Crippen LogP contribution < -0.4 is 5.32 Å². The number of carbonyl (C=O) groups is 2. The van der Waals surface area contributed by atoms with Crippen LogP contribution in [0, 0.1) is 0 Å². The van der Waals surface area contributed by atoms with E-state index in [9.17, 15) is 9.59 Å². The molecule has 3 rings (SSSR count). The molecule has 0 saturated carbocycles. The first-order valence-electron chi connectivity index (χ1n) is 8.48. The fraction of sp³-hybridized carbons (Fsp3) is 0.211. The zero-order valence-corrected chi connectivity index (χ0v) is 15.9. The predicted octanol–water partition coefficient (Wildman–Crippen LogP) is 3.16. The number of Topliss-reactive ketones (excluding diaryl/α,β-unsaturated/α-hetero) is 1. The normalized spacial score (nSPS) is 10.6. The summed E-state index contributed by atoms with van der Waals surface area (Å²) >= 11 is 1.27. The van der Waals surface area contributed by atoms with Crippen molar-refractivity contribution >= 4 is 29.1 Å². The quantitative estimate of drug-likeness (QED) is 0.499. The molecule has 138 valence electrons. The van der Waals surface area contributed by atoms with Crippen LogP contribution in [-0.4, -0.2) is 37.7 Å². The lowest BCUT2D eigenvalue weighted by Gasteiger charge is -2.07. The number of hydrogen-bond acceptors (Lipinski definition) is 6. The summed E-state index contributed by atoms with van der Waals surface area (Å²) in [4.78, 5) is 23.6. The van der Waals surface area contributed by atoms with E-state index >= 15 is 0 Å². The molecule has 8 heteroatoms. The molecule has 0 bridgehead atoms. The molecule has 1 amide bonds. The Hall–Kier alpha value is -3.00. The smallest absolute Gasteiger partial charge is 0.221 e. The molecule has 0 radical (unpaired) electrons. The first kappa shape index (κ1) is 18.8. The van der Waals surface area contributed by atoms with E-state index in [0.29, 0.717) is 22.1 Å². The maximum Gasteiger partial charge on any atom is 0.221 e. The van der Waals surface area contributed by atoms with Crippen LogP contribution in [0.3, 0.4) is 0 Å². The molecule has 2 aromatic carbocycles. The minimum absolute atomic E-state index is 0.0178. The molecule has 7 nitrogen and oxygen atoms in total. The summed E-state index contributed by atoms with van der Waals surface area (Å²) in [6, 6.07) is 14.8. The number of anilines is 1. The van der Waals surface area contributed by atoms with Gasteiger partial charge in [0, 0.05) is 18.2 Å². The van der Waals surface area contributed by atoms with E-state index in [0.717, 1.165) is 6.42 Å². The highest BCUT2D eigenvalue weighted by molar-refractivity contribution is 7.99. The van der Waals surface area contributed by atoms with Crippen molar-refractivity contribution in [2.24, 2.45) is 0 Å². The number of hydrogen-bond donors (Lipinski definition) is 1. The van der Waals surface area contributed by atoms with Gasteiger partial charge in [0.1, 0.15) is 0 Å². The second-order valence-corrected chi connectivity index (χ2v) is 6.81. The Kier molecular flexibility index (Phi) is 5.97. The molecule has 0 unspecified atom stereocenters. The SMILES string of the molecule is CCc1ccc(C(=O)CSc2nnnn2-c2cccc(NC(C)=O)c2)cc1. The third-order valence-electron chi connectivity index (χ3n) is 3.87. The number of carbonyl (C=O) groups excluding carboxylic acids is 2. The van der Waals surface area contributed by atoms with Crippen LogP contribution >= 0.6 is 11.8 Å². The van der Waals surface area contributed by atoms with E-state index in [1.54, 1.807) is 22.9 Å². The number of ketones is 1. The van der Waals surface area contributed by atoms with Gasteiger partial charge in [-0.15, -0.1) is 5.10 Å². The highest BCUT2D eigenvalue weighted by Gasteiger charge is 2.13. The Labute approximate surface area is 161 Å². The molecule has 1 N–H and O–H groups in total. The van der Waals surface area contributed by atoms with Crippen molar-refractivity contribution in [3.63, 3.8) is 0 Å². The van der Waals surface area contributed by atoms with Crippen molar-refractivity contribution in [3.8, 4) is 5.69 Å². The van der Waals surface area contributed by atoms with Crippen molar-refractivity contribution in [2.45, 2.75) is 25.4 Å². The molecule has 0 aliphatic heterocycles. The number of aromatic nitrogens is 4. The van der Waals surface area contributed by atoms with Crippen molar-refractivity contribution in [3.05, 3.63) is 59.7 Å². The Balaban J connectivity index is 1.71. The summed E-state index contributed by atoms with van der Waals surface area (Å²) in [5, 5.41) is 14.9. The third kappa shape index (κ3) is 4.79. The Morgan fingerprint density at radius 2 is 1.93 bits per heavy atom. The summed E-state index contributed by atoms with van der Waals surface area (Å²) < 4.78 is 1.55. The van der Waals surface area contributed by atoms with Gasteiger partial charge in [-0.2, -0.15) is 4.68 Å². The first-order chi connectivity index (χ1) is 13.1. The first-order valence-corrected chi connectivity index (χ1v) is 9.46. The highest BCUT2D eigenvalue weighted by Crippen LogP contribution is 2.21. The largest absolute Gasteiger partial charge is 0.326 e. The van der Waals surface area contributed by atoms with Gasteiger partial charge >= 0.3 is 0 Å². The third-order valence-corrected chi connectivity index (χ3v) is 4.79. The number of amides is 1. The van der Waals surface area contributed by atoms with Crippen molar-refractivity contribution in [1.29, 1.82) is 0 Å². The Morgan fingerprint density at radius 1 is 1.15 bits per heavy atom. The van der Waals surface area contributed by atoms with Gasteiger partial charge < -0.3 is 5.32 Å². The van der Waals surface area contributed by atoms with Gasteiger partial charge in [-0.05, 0) is 40.6 Å². The van der Waals surface area contributed by atoms with Gasteiger partial charge in [-0.3, -0.25) is 9.59 Å². The number of nitrogens with one attached hydrogen (secondary N) is 1. The molecule has 1 aromatic heterocycles. The topological polar surface area (TPSA) is 89.8 Å². The zero-order chi connectivity index (χ0) is 19.2. The van der Waals surface area contributed by atoms with E-state index in [1.807, 2.05) is 30.3 Å².